The van der Waals surface area contributed by atoms with Gasteiger partial charge in [0.15, 0.2) is 0 Å². The molecular formula is C20H35N5. The predicted molar refractivity (Wildman–Crippen MR) is 105 cm³/mol. The summed E-state index contributed by atoms with van der Waals surface area (Å²) in [4.78, 5) is 12.4. The number of anilines is 1. The molecule has 25 heavy (non-hydrogen) atoms. The number of pyridine rings is 1. The van der Waals surface area contributed by atoms with E-state index in [-0.39, 0.29) is 0 Å². The summed E-state index contributed by atoms with van der Waals surface area (Å²) < 4.78 is 0. The third-order valence-electron chi connectivity index (χ3n) is 5.75. The predicted octanol–water partition coefficient (Wildman–Crippen LogP) is 2.01. The van der Waals surface area contributed by atoms with Gasteiger partial charge in [0.2, 0.25) is 0 Å². The average molecular weight is 346 g/mol. The molecule has 0 spiro atoms. The Morgan fingerprint density at radius 1 is 1.12 bits per heavy atom. The SMILES string of the molecule is CC(C)c1ccnc(N2CC(C)N(CCN3CCNCC3)C(C)C2)c1. The molecule has 2 atom stereocenters. The third kappa shape index (κ3) is 4.72. The molecule has 5 nitrogen and oxygen atoms in total. The number of rotatable bonds is 5. The first-order valence-electron chi connectivity index (χ1n) is 9.94. The van der Waals surface area contributed by atoms with E-state index in [1.165, 1.54) is 31.7 Å². The van der Waals surface area contributed by atoms with E-state index in [2.05, 4.69) is 64.8 Å². The molecule has 1 aromatic rings. The molecular weight excluding hydrogens is 310 g/mol. The first kappa shape index (κ1) is 18.6. The molecule has 0 saturated carbocycles. The zero-order valence-electron chi connectivity index (χ0n) is 16.4. The van der Waals surface area contributed by atoms with Gasteiger partial charge in [0.05, 0.1) is 0 Å². The van der Waals surface area contributed by atoms with E-state index < -0.39 is 0 Å². The van der Waals surface area contributed by atoms with Gasteiger partial charge in [-0.05, 0) is 37.5 Å². The summed E-state index contributed by atoms with van der Waals surface area (Å²) in [6, 6.07) is 5.55. The maximum absolute atomic E-state index is 4.65. The van der Waals surface area contributed by atoms with Crippen LogP contribution in [-0.2, 0) is 0 Å². The van der Waals surface area contributed by atoms with Crippen molar-refractivity contribution in [1.82, 2.24) is 20.1 Å². The fraction of sp³-hybridized carbons (Fsp3) is 0.750. The van der Waals surface area contributed by atoms with Crippen molar-refractivity contribution in [3.63, 3.8) is 0 Å². The van der Waals surface area contributed by atoms with Gasteiger partial charge in [-0.25, -0.2) is 4.98 Å². The summed E-state index contributed by atoms with van der Waals surface area (Å²) in [5.74, 6) is 1.70. The average Bonchev–Trinajstić information content (AvgIpc) is 2.62. The summed E-state index contributed by atoms with van der Waals surface area (Å²) in [6.45, 7) is 18.4. The highest BCUT2D eigenvalue weighted by Crippen LogP contribution is 2.24. The molecule has 3 heterocycles. The van der Waals surface area contributed by atoms with Crippen molar-refractivity contribution >= 4 is 5.82 Å². The summed E-state index contributed by atoms with van der Waals surface area (Å²) in [6.07, 6.45) is 1.97. The van der Waals surface area contributed by atoms with Gasteiger partial charge >= 0.3 is 0 Å². The Labute approximate surface area is 153 Å². The smallest absolute Gasteiger partial charge is 0.128 e. The molecule has 2 fully saturated rings. The molecule has 0 amide bonds. The topological polar surface area (TPSA) is 34.6 Å². The first-order valence-corrected chi connectivity index (χ1v) is 9.94. The second kappa shape index (κ2) is 8.47. The zero-order valence-corrected chi connectivity index (χ0v) is 16.4. The van der Waals surface area contributed by atoms with E-state index >= 15 is 0 Å². The van der Waals surface area contributed by atoms with Crippen LogP contribution in [0.3, 0.4) is 0 Å². The van der Waals surface area contributed by atoms with Crippen molar-refractivity contribution in [3.05, 3.63) is 23.9 Å². The van der Waals surface area contributed by atoms with Crippen LogP contribution in [0.2, 0.25) is 0 Å². The van der Waals surface area contributed by atoms with Crippen LogP contribution in [0.1, 0.15) is 39.2 Å². The van der Waals surface area contributed by atoms with E-state index in [9.17, 15) is 0 Å². The highest BCUT2D eigenvalue weighted by molar-refractivity contribution is 5.43. The normalized spacial score (nSPS) is 26.4. The maximum Gasteiger partial charge on any atom is 0.128 e. The van der Waals surface area contributed by atoms with Crippen LogP contribution in [0.25, 0.3) is 0 Å². The van der Waals surface area contributed by atoms with Crippen molar-refractivity contribution in [3.8, 4) is 0 Å². The summed E-state index contributed by atoms with van der Waals surface area (Å²) in [7, 11) is 0. The fourth-order valence-corrected chi connectivity index (χ4v) is 4.14. The second-order valence-corrected chi connectivity index (χ2v) is 8.03. The summed E-state index contributed by atoms with van der Waals surface area (Å²) in [5, 5.41) is 3.44. The minimum atomic E-state index is 0.553. The highest BCUT2D eigenvalue weighted by Gasteiger charge is 2.30. The molecule has 5 heteroatoms. The molecule has 1 aromatic heterocycles. The molecule has 2 aliphatic rings. The number of nitrogens with zero attached hydrogens (tertiary/aromatic N) is 4. The van der Waals surface area contributed by atoms with Gasteiger partial charge in [0.25, 0.3) is 0 Å². The van der Waals surface area contributed by atoms with E-state index in [0.29, 0.717) is 18.0 Å². The van der Waals surface area contributed by atoms with Crippen molar-refractivity contribution in [2.75, 3.05) is 57.3 Å². The Kier molecular flexibility index (Phi) is 6.31. The standard InChI is InChI=1S/C20H35N5/c1-16(2)19-5-6-22-20(13-19)24-14-17(3)25(18(4)15-24)12-11-23-9-7-21-8-10-23/h5-6,13,16-18,21H,7-12,14-15H2,1-4H3. The Morgan fingerprint density at radius 2 is 1.80 bits per heavy atom. The molecule has 0 aromatic carbocycles. The van der Waals surface area contributed by atoms with Crippen molar-refractivity contribution in [1.29, 1.82) is 0 Å². The Balaban J connectivity index is 1.58. The number of piperazine rings is 2. The monoisotopic (exact) mass is 345 g/mol. The van der Waals surface area contributed by atoms with Crippen LogP contribution < -0.4 is 10.2 Å². The molecule has 2 aliphatic heterocycles. The van der Waals surface area contributed by atoms with Crippen LogP contribution in [-0.4, -0.2) is 79.2 Å². The van der Waals surface area contributed by atoms with Gasteiger partial charge in [-0.15, -0.1) is 0 Å². The molecule has 0 bridgehead atoms. The quantitative estimate of drug-likeness (QED) is 0.883. The first-order chi connectivity index (χ1) is 12.0. The van der Waals surface area contributed by atoms with Crippen LogP contribution in [0.5, 0.6) is 0 Å². The molecule has 3 rings (SSSR count). The highest BCUT2D eigenvalue weighted by atomic mass is 15.3. The lowest BCUT2D eigenvalue weighted by Gasteiger charge is -2.45. The van der Waals surface area contributed by atoms with E-state index in [4.69, 9.17) is 0 Å². The minimum absolute atomic E-state index is 0.553. The number of nitrogens with one attached hydrogen (secondary N) is 1. The van der Waals surface area contributed by atoms with Gasteiger partial charge in [0, 0.05) is 70.6 Å². The van der Waals surface area contributed by atoms with Gasteiger partial charge in [0.1, 0.15) is 5.82 Å². The lowest BCUT2D eigenvalue weighted by Crippen LogP contribution is -2.58. The van der Waals surface area contributed by atoms with Crippen LogP contribution in [0, 0.1) is 0 Å². The second-order valence-electron chi connectivity index (χ2n) is 8.03. The largest absolute Gasteiger partial charge is 0.353 e. The summed E-state index contributed by atoms with van der Waals surface area (Å²) in [5.41, 5.74) is 1.38. The van der Waals surface area contributed by atoms with Gasteiger partial charge < -0.3 is 10.2 Å². The lowest BCUT2D eigenvalue weighted by atomic mass is 10.0. The maximum atomic E-state index is 4.65. The lowest BCUT2D eigenvalue weighted by molar-refractivity contribution is 0.107. The van der Waals surface area contributed by atoms with Crippen LogP contribution in [0.4, 0.5) is 5.82 Å². The van der Waals surface area contributed by atoms with Gasteiger partial charge in [-0.3, -0.25) is 9.80 Å². The van der Waals surface area contributed by atoms with Gasteiger partial charge in [-0.2, -0.15) is 0 Å². The van der Waals surface area contributed by atoms with Crippen LogP contribution in [0.15, 0.2) is 18.3 Å². The van der Waals surface area contributed by atoms with E-state index in [1.54, 1.807) is 0 Å². The third-order valence-corrected chi connectivity index (χ3v) is 5.75. The fourth-order valence-electron chi connectivity index (χ4n) is 4.14. The van der Waals surface area contributed by atoms with Gasteiger partial charge in [-0.1, -0.05) is 13.8 Å². The number of aromatic nitrogens is 1. The molecule has 2 saturated heterocycles. The molecule has 0 radical (unpaired) electrons. The Bertz CT molecular complexity index is 529. The van der Waals surface area contributed by atoms with E-state index in [1.807, 2.05) is 6.20 Å². The molecule has 0 aliphatic carbocycles. The van der Waals surface area contributed by atoms with E-state index in [0.717, 1.165) is 32.0 Å². The van der Waals surface area contributed by atoms with Crippen molar-refractivity contribution in [2.24, 2.45) is 0 Å². The zero-order chi connectivity index (χ0) is 17.8. The summed E-state index contributed by atoms with van der Waals surface area (Å²) >= 11 is 0. The molecule has 1 N–H and O–H groups in total. The number of hydrogen-bond acceptors (Lipinski definition) is 5. The Morgan fingerprint density at radius 3 is 2.44 bits per heavy atom. The minimum Gasteiger partial charge on any atom is -0.353 e. The molecule has 140 valence electrons. The molecule has 2 unspecified atom stereocenters. The van der Waals surface area contributed by atoms with Crippen molar-refractivity contribution in [2.45, 2.75) is 45.7 Å². The van der Waals surface area contributed by atoms with Crippen LogP contribution >= 0.6 is 0 Å². The van der Waals surface area contributed by atoms with Crippen molar-refractivity contribution < 1.29 is 0 Å². The number of hydrogen-bond donors (Lipinski definition) is 1. The Hall–Kier alpha value is -1.17.